The maximum Gasteiger partial charge on any atom is 0.0842 e. The number of alkyl halides is 1. The second kappa shape index (κ2) is 1.97. The van der Waals surface area contributed by atoms with Crippen molar-refractivity contribution in [3.63, 3.8) is 0 Å². The van der Waals surface area contributed by atoms with Crippen LogP contribution >= 0.6 is 15.9 Å². The molecule has 1 rings (SSSR count). The Morgan fingerprint density at radius 2 is 2.57 bits per heavy atom. The molecule has 0 fully saturated rings. The van der Waals surface area contributed by atoms with E-state index in [-0.39, 0.29) is 0 Å². The highest BCUT2D eigenvalue weighted by atomic mass is 79.9. The zero-order chi connectivity index (χ0) is 5.28. The highest BCUT2D eigenvalue weighted by Gasteiger charge is 2.09. The highest BCUT2D eigenvalue weighted by molar-refractivity contribution is 9.09. The molecule has 0 aromatic heterocycles. The fraction of sp³-hybridized carbons (Fsp3) is 0.600. The number of hydrogen-bond donors (Lipinski definition) is 0. The van der Waals surface area contributed by atoms with E-state index in [1.807, 2.05) is 0 Å². The van der Waals surface area contributed by atoms with Crippen LogP contribution in [0, 0.1) is 0 Å². The van der Waals surface area contributed by atoms with E-state index in [1.165, 1.54) is 0 Å². The molecule has 0 aromatic carbocycles. The largest absolute Gasteiger partial charge is 0.287 e. The molecule has 0 aliphatic carbocycles. The van der Waals surface area contributed by atoms with Gasteiger partial charge in [-0.3, -0.25) is 4.90 Å². The maximum absolute atomic E-state index is 3.44. The van der Waals surface area contributed by atoms with Gasteiger partial charge in [-0.15, -0.1) is 0 Å². The Balaban J connectivity index is 2.45. The summed E-state index contributed by atoms with van der Waals surface area (Å²) in [6.07, 6.45) is 4.29. The normalized spacial score (nSPS) is 32.0. The third kappa shape index (κ3) is 1.04. The number of hydrogen-bond acceptors (Lipinski definition) is 1. The fourth-order valence-electron chi connectivity index (χ4n) is 0.587. The van der Waals surface area contributed by atoms with Crippen molar-refractivity contribution in [2.75, 3.05) is 13.6 Å². The van der Waals surface area contributed by atoms with Gasteiger partial charge in [-0.1, -0.05) is 28.1 Å². The molecule has 1 unspecified atom stereocenters. The molecule has 0 amide bonds. The van der Waals surface area contributed by atoms with Crippen molar-refractivity contribution in [1.82, 2.24) is 4.90 Å². The summed E-state index contributed by atoms with van der Waals surface area (Å²) >= 11 is 3.44. The van der Waals surface area contributed by atoms with Gasteiger partial charge >= 0.3 is 0 Å². The molecule has 1 aliphatic rings. The van der Waals surface area contributed by atoms with Gasteiger partial charge in [0.25, 0.3) is 0 Å². The van der Waals surface area contributed by atoms with Crippen LogP contribution in [0.3, 0.4) is 0 Å². The molecular weight excluding hydrogens is 154 g/mol. The van der Waals surface area contributed by atoms with Crippen molar-refractivity contribution >= 4 is 15.9 Å². The lowest BCUT2D eigenvalue weighted by atomic mass is 10.6. The van der Waals surface area contributed by atoms with Crippen molar-refractivity contribution in [3.05, 3.63) is 12.2 Å². The topological polar surface area (TPSA) is 3.24 Å². The highest BCUT2D eigenvalue weighted by Crippen LogP contribution is 2.11. The second-order valence-electron chi connectivity index (χ2n) is 1.74. The molecule has 1 aliphatic heterocycles. The molecule has 0 bridgehead atoms. The van der Waals surface area contributed by atoms with Crippen molar-refractivity contribution in [1.29, 1.82) is 0 Å². The molecule has 0 N–H and O–H groups in total. The molecular formula is C5H8BrN. The number of rotatable bonds is 0. The van der Waals surface area contributed by atoms with Crippen LogP contribution in [0.4, 0.5) is 0 Å². The van der Waals surface area contributed by atoms with Crippen LogP contribution in [0.1, 0.15) is 0 Å². The van der Waals surface area contributed by atoms with E-state index >= 15 is 0 Å². The van der Waals surface area contributed by atoms with E-state index in [0.717, 1.165) is 6.54 Å². The van der Waals surface area contributed by atoms with Crippen LogP contribution < -0.4 is 0 Å². The van der Waals surface area contributed by atoms with E-state index in [0.29, 0.717) is 4.95 Å². The van der Waals surface area contributed by atoms with E-state index in [9.17, 15) is 0 Å². The second-order valence-corrected chi connectivity index (χ2v) is 2.68. The molecule has 1 atom stereocenters. The third-order valence-corrected chi connectivity index (χ3v) is 2.11. The van der Waals surface area contributed by atoms with Gasteiger partial charge < -0.3 is 0 Å². The van der Waals surface area contributed by atoms with Crippen molar-refractivity contribution in [2.45, 2.75) is 4.95 Å². The molecule has 1 heterocycles. The monoisotopic (exact) mass is 161 g/mol. The van der Waals surface area contributed by atoms with Crippen molar-refractivity contribution in [3.8, 4) is 0 Å². The first-order valence-electron chi connectivity index (χ1n) is 2.31. The summed E-state index contributed by atoms with van der Waals surface area (Å²) in [5.41, 5.74) is 0. The van der Waals surface area contributed by atoms with Crippen LogP contribution in [-0.4, -0.2) is 23.4 Å². The summed E-state index contributed by atoms with van der Waals surface area (Å²) in [4.78, 5) is 2.69. The summed E-state index contributed by atoms with van der Waals surface area (Å²) in [6.45, 7) is 1.08. The molecule has 0 saturated carbocycles. The predicted molar refractivity (Wildman–Crippen MR) is 34.5 cm³/mol. The molecule has 0 spiro atoms. The van der Waals surface area contributed by atoms with Gasteiger partial charge in [-0.25, -0.2) is 0 Å². The minimum absolute atomic E-state index is 0.479. The van der Waals surface area contributed by atoms with Crippen LogP contribution in [0.15, 0.2) is 12.2 Å². The molecule has 0 saturated heterocycles. The molecule has 0 aromatic rings. The number of nitrogens with zero attached hydrogens (tertiary/aromatic N) is 1. The Hall–Kier alpha value is 0.180. The fourth-order valence-corrected chi connectivity index (χ4v) is 0.970. The quantitative estimate of drug-likeness (QED) is 0.294. The summed E-state index contributed by atoms with van der Waals surface area (Å²) in [5, 5.41) is 0. The van der Waals surface area contributed by atoms with Gasteiger partial charge in [-0.05, 0) is 7.05 Å². The van der Waals surface area contributed by atoms with E-state index in [1.54, 1.807) is 0 Å². The Bertz CT molecular complexity index is 90.1. The first-order valence-corrected chi connectivity index (χ1v) is 3.23. The number of halogens is 1. The maximum atomic E-state index is 3.44. The van der Waals surface area contributed by atoms with Crippen molar-refractivity contribution < 1.29 is 0 Å². The first-order chi connectivity index (χ1) is 3.30. The summed E-state index contributed by atoms with van der Waals surface area (Å²) in [7, 11) is 2.08. The summed E-state index contributed by atoms with van der Waals surface area (Å²) < 4.78 is 0. The van der Waals surface area contributed by atoms with Crippen LogP contribution in [-0.2, 0) is 0 Å². The molecule has 1 nitrogen and oxygen atoms in total. The average Bonchev–Trinajstić information content (AvgIpc) is 1.91. The zero-order valence-corrected chi connectivity index (χ0v) is 5.85. The Morgan fingerprint density at radius 1 is 1.86 bits per heavy atom. The summed E-state index contributed by atoms with van der Waals surface area (Å²) in [6, 6.07) is 0. The minimum Gasteiger partial charge on any atom is -0.287 e. The van der Waals surface area contributed by atoms with Gasteiger partial charge in [0.2, 0.25) is 0 Å². The van der Waals surface area contributed by atoms with Gasteiger partial charge in [-0.2, -0.15) is 0 Å². The molecule has 0 radical (unpaired) electrons. The molecule has 40 valence electrons. The van der Waals surface area contributed by atoms with Gasteiger partial charge in [0.1, 0.15) is 0 Å². The Morgan fingerprint density at radius 3 is 2.71 bits per heavy atom. The lowest BCUT2D eigenvalue weighted by Gasteiger charge is -2.10. The van der Waals surface area contributed by atoms with Crippen LogP contribution in [0.2, 0.25) is 0 Å². The van der Waals surface area contributed by atoms with Gasteiger partial charge in [0, 0.05) is 6.54 Å². The zero-order valence-electron chi connectivity index (χ0n) is 4.26. The van der Waals surface area contributed by atoms with Crippen molar-refractivity contribution in [2.24, 2.45) is 0 Å². The minimum atomic E-state index is 0.479. The van der Waals surface area contributed by atoms with E-state index < -0.39 is 0 Å². The van der Waals surface area contributed by atoms with Crippen LogP contribution in [0.25, 0.3) is 0 Å². The first kappa shape index (κ1) is 5.32. The SMILES string of the molecule is CN1CC=CC1Br. The average molecular weight is 162 g/mol. The molecule has 7 heavy (non-hydrogen) atoms. The smallest absolute Gasteiger partial charge is 0.0842 e. The van der Waals surface area contributed by atoms with E-state index in [2.05, 4.69) is 40.0 Å². The van der Waals surface area contributed by atoms with Crippen LogP contribution in [0.5, 0.6) is 0 Å². The third-order valence-electron chi connectivity index (χ3n) is 1.11. The standard InChI is InChI=1S/C5H8BrN/c1-7-4-2-3-5(7)6/h2-3,5H,4H2,1H3. The molecule has 2 heteroatoms. The lowest BCUT2D eigenvalue weighted by molar-refractivity contribution is 0.414. The number of likely N-dealkylation sites (N-methyl/N-ethyl adjacent to an activating group) is 1. The summed E-state index contributed by atoms with van der Waals surface area (Å²) in [5.74, 6) is 0. The van der Waals surface area contributed by atoms with E-state index in [4.69, 9.17) is 0 Å². The van der Waals surface area contributed by atoms with Gasteiger partial charge in [0.05, 0.1) is 4.95 Å². The Kier molecular flexibility index (Phi) is 1.50. The van der Waals surface area contributed by atoms with Gasteiger partial charge in [0.15, 0.2) is 0 Å². The Labute approximate surface area is 52.1 Å². The predicted octanol–water partition coefficient (Wildman–Crippen LogP) is 1.21. The lowest BCUT2D eigenvalue weighted by Crippen LogP contribution is -2.19.